The molecular formula is C13H22N2. The molecule has 0 saturated heterocycles. The molecular weight excluding hydrogens is 184 g/mol. The zero-order chi connectivity index (χ0) is 11.4. The van der Waals surface area contributed by atoms with Crippen molar-refractivity contribution in [2.45, 2.75) is 40.0 Å². The van der Waals surface area contributed by atoms with E-state index in [0.717, 1.165) is 25.0 Å². The highest BCUT2D eigenvalue weighted by molar-refractivity contribution is 6.03. The molecule has 0 aromatic rings. The van der Waals surface area contributed by atoms with Gasteiger partial charge < -0.3 is 10.7 Å². The molecule has 1 rings (SSSR count). The van der Waals surface area contributed by atoms with Gasteiger partial charge in [0.2, 0.25) is 0 Å². The van der Waals surface area contributed by atoms with E-state index in [2.05, 4.69) is 32.2 Å². The van der Waals surface area contributed by atoms with E-state index in [1.165, 1.54) is 16.8 Å². The molecule has 2 heteroatoms. The number of allylic oxidation sites excluding steroid dienone is 4. The monoisotopic (exact) mass is 206 g/mol. The van der Waals surface area contributed by atoms with Gasteiger partial charge in [0.1, 0.15) is 0 Å². The summed E-state index contributed by atoms with van der Waals surface area (Å²) >= 11 is 0. The Labute approximate surface area is 93.0 Å². The predicted octanol–water partition coefficient (Wildman–Crippen LogP) is 3.27. The van der Waals surface area contributed by atoms with Crippen LogP contribution in [0.25, 0.3) is 0 Å². The summed E-state index contributed by atoms with van der Waals surface area (Å²) in [5, 5.41) is 11.3. The lowest BCUT2D eigenvalue weighted by Gasteiger charge is -2.25. The molecule has 0 aromatic carbocycles. The maximum Gasteiger partial charge on any atom is 0.0406 e. The van der Waals surface area contributed by atoms with Gasteiger partial charge in [0, 0.05) is 24.0 Å². The van der Waals surface area contributed by atoms with Crippen molar-refractivity contribution in [3.63, 3.8) is 0 Å². The number of rotatable bonds is 2. The standard InChI is InChI=1S/C13H22N2/c1-5-10-7-6-8-11(14)12(10)13(15-4)9(2)3/h5,9,14-15H,6-8H2,1-4H3/b10-5-,13-12-,14-11?. The molecule has 15 heavy (non-hydrogen) atoms. The minimum atomic E-state index is 0.457. The fourth-order valence-corrected chi connectivity index (χ4v) is 2.23. The summed E-state index contributed by atoms with van der Waals surface area (Å²) < 4.78 is 0. The van der Waals surface area contributed by atoms with E-state index in [-0.39, 0.29) is 0 Å². The molecule has 2 nitrogen and oxygen atoms in total. The van der Waals surface area contributed by atoms with Crippen molar-refractivity contribution >= 4 is 5.71 Å². The van der Waals surface area contributed by atoms with Gasteiger partial charge in [-0.2, -0.15) is 0 Å². The SMILES string of the molecule is C/C=C1/CCCC(=N)/C1=C(\NC)C(C)C. The van der Waals surface area contributed by atoms with Crippen molar-refractivity contribution in [3.05, 3.63) is 22.9 Å². The first-order chi connectivity index (χ1) is 7.11. The summed E-state index contributed by atoms with van der Waals surface area (Å²) in [6, 6.07) is 0. The van der Waals surface area contributed by atoms with Crippen molar-refractivity contribution in [2.75, 3.05) is 7.05 Å². The van der Waals surface area contributed by atoms with Gasteiger partial charge in [0.05, 0.1) is 0 Å². The first-order valence-electron chi connectivity index (χ1n) is 5.77. The van der Waals surface area contributed by atoms with Crippen LogP contribution in [-0.4, -0.2) is 12.8 Å². The molecule has 0 heterocycles. The zero-order valence-electron chi connectivity index (χ0n) is 10.3. The Balaban J connectivity index is 3.20. The van der Waals surface area contributed by atoms with Crippen molar-refractivity contribution in [1.29, 1.82) is 5.41 Å². The molecule has 1 aliphatic rings. The van der Waals surface area contributed by atoms with E-state index in [9.17, 15) is 0 Å². The minimum absolute atomic E-state index is 0.457. The highest BCUT2D eigenvalue weighted by Gasteiger charge is 2.21. The summed E-state index contributed by atoms with van der Waals surface area (Å²) in [4.78, 5) is 0. The molecule has 0 atom stereocenters. The molecule has 0 unspecified atom stereocenters. The maximum absolute atomic E-state index is 8.07. The van der Waals surface area contributed by atoms with E-state index < -0.39 is 0 Å². The smallest absolute Gasteiger partial charge is 0.0406 e. The highest BCUT2D eigenvalue weighted by Crippen LogP contribution is 2.30. The lowest BCUT2D eigenvalue weighted by atomic mass is 9.84. The minimum Gasteiger partial charge on any atom is -0.391 e. The average molecular weight is 206 g/mol. The molecule has 0 bridgehead atoms. The van der Waals surface area contributed by atoms with Crippen LogP contribution in [-0.2, 0) is 0 Å². The average Bonchev–Trinajstić information content (AvgIpc) is 2.21. The van der Waals surface area contributed by atoms with Crippen LogP contribution < -0.4 is 5.32 Å². The van der Waals surface area contributed by atoms with Crippen LogP contribution in [0.1, 0.15) is 40.0 Å². The van der Waals surface area contributed by atoms with Crippen LogP contribution in [0.5, 0.6) is 0 Å². The molecule has 84 valence electrons. The van der Waals surface area contributed by atoms with Crippen LogP contribution in [0, 0.1) is 11.3 Å². The molecule has 1 saturated carbocycles. The Morgan fingerprint density at radius 2 is 2.07 bits per heavy atom. The van der Waals surface area contributed by atoms with Gasteiger partial charge in [-0.3, -0.25) is 0 Å². The third kappa shape index (κ3) is 2.49. The van der Waals surface area contributed by atoms with E-state index in [4.69, 9.17) is 5.41 Å². The summed E-state index contributed by atoms with van der Waals surface area (Å²) in [5.41, 5.74) is 4.52. The quantitative estimate of drug-likeness (QED) is 0.714. The lowest BCUT2D eigenvalue weighted by Crippen LogP contribution is -2.22. The molecule has 0 aliphatic heterocycles. The van der Waals surface area contributed by atoms with Crippen LogP contribution in [0.4, 0.5) is 0 Å². The van der Waals surface area contributed by atoms with Crippen molar-refractivity contribution in [2.24, 2.45) is 5.92 Å². The Bertz CT molecular complexity index is 308. The number of hydrogen-bond donors (Lipinski definition) is 2. The summed E-state index contributed by atoms with van der Waals surface area (Å²) in [7, 11) is 1.96. The molecule has 2 N–H and O–H groups in total. The second kappa shape index (κ2) is 5.15. The fourth-order valence-electron chi connectivity index (χ4n) is 2.23. The Morgan fingerprint density at radius 1 is 1.40 bits per heavy atom. The zero-order valence-corrected chi connectivity index (χ0v) is 10.3. The highest BCUT2D eigenvalue weighted by atomic mass is 14.8. The Morgan fingerprint density at radius 3 is 2.53 bits per heavy atom. The van der Waals surface area contributed by atoms with Crippen molar-refractivity contribution in [1.82, 2.24) is 5.32 Å². The number of nitrogens with one attached hydrogen (secondary N) is 2. The summed E-state index contributed by atoms with van der Waals surface area (Å²) in [6.07, 6.45) is 5.32. The second-order valence-corrected chi connectivity index (χ2v) is 4.34. The lowest BCUT2D eigenvalue weighted by molar-refractivity contribution is 0.684. The van der Waals surface area contributed by atoms with Gasteiger partial charge in [-0.1, -0.05) is 19.9 Å². The van der Waals surface area contributed by atoms with E-state index >= 15 is 0 Å². The van der Waals surface area contributed by atoms with Crippen LogP contribution >= 0.6 is 0 Å². The molecule has 0 aromatic heterocycles. The largest absolute Gasteiger partial charge is 0.391 e. The van der Waals surface area contributed by atoms with Crippen LogP contribution in [0.3, 0.4) is 0 Å². The normalized spacial score (nSPS) is 23.5. The summed E-state index contributed by atoms with van der Waals surface area (Å²) in [5.74, 6) is 0.457. The maximum atomic E-state index is 8.07. The topological polar surface area (TPSA) is 35.9 Å². The predicted molar refractivity (Wildman–Crippen MR) is 66.3 cm³/mol. The first kappa shape index (κ1) is 12.0. The third-order valence-electron chi connectivity index (χ3n) is 2.96. The van der Waals surface area contributed by atoms with Gasteiger partial charge in [-0.05, 0) is 37.7 Å². The van der Waals surface area contributed by atoms with Gasteiger partial charge in [0.15, 0.2) is 0 Å². The van der Waals surface area contributed by atoms with Crippen LogP contribution in [0.15, 0.2) is 22.9 Å². The van der Waals surface area contributed by atoms with Crippen molar-refractivity contribution < 1.29 is 0 Å². The number of hydrogen-bond acceptors (Lipinski definition) is 2. The molecule has 1 fully saturated rings. The van der Waals surface area contributed by atoms with Gasteiger partial charge in [-0.25, -0.2) is 0 Å². The molecule has 0 radical (unpaired) electrons. The molecule has 0 spiro atoms. The molecule has 0 amide bonds. The second-order valence-electron chi connectivity index (χ2n) is 4.34. The fraction of sp³-hybridized carbons (Fsp3) is 0.615. The Kier molecular flexibility index (Phi) is 4.13. The third-order valence-corrected chi connectivity index (χ3v) is 2.96. The van der Waals surface area contributed by atoms with E-state index in [1.54, 1.807) is 0 Å². The van der Waals surface area contributed by atoms with Crippen molar-refractivity contribution in [3.8, 4) is 0 Å². The van der Waals surface area contributed by atoms with Gasteiger partial charge in [-0.15, -0.1) is 0 Å². The first-order valence-corrected chi connectivity index (χ1v) is 5.77. The summed E-state index contributed by atoms with van der Waals surface area (Å²) in [6.45, 7) is 6.42. The van der Waals surface area contributed by atoms with E-state index in [0.29, 0.717) is 5.92 Å². The van der Waals surface area contributed by atoms with Crippen LogP contribution in [0.2, 0.25) is 0 Å². The van der Waals surface area contributed by atoms with Gasteiger partial charge >= 0.3 is 0 Å². The van der Waals surface area contributed by atoms with E-state index in [1.807, 2.05) is 7.05 Å². The molecule has 1 aliphatic carbocycles. The Hall–Kier alpha value is -1.05. The van der Waals surface area contributed by atoms with Gasteiger partial charge in [0.25, 0.3) is 0 Å².